The van der Waals surface area contributed by atoms with Gasteiger partial charge in [0.2, 0.25) is 0 Å². The Kier molecular flexibility index (Phi) is 6.54. The molecule has 0 spiro atoms. The monoisotopic (exact) mass is 500 g/mol. The third-order valence-electron chi connectivity index (χ3n) is 5.71. The number of carbonyl (C=O) groups is 2. The second-order valence-corrected chi connectivity index (χ2v) is 12.2. The van der Waals surface area contributed by atoms with Crippen LogP contribution in [0.2, 0.25) is 0 Å². The molecule has 1 saturated heterocycles. The fraction of sp³-hybridized carbons (Fsp3) is 0.650. The molecule has 2 atom stereocenters. The highest BCUT2D eigenvalue weighted by atomic mass is 32.2. The van der Waals surface area contributed by atoms with Crippen molar-refractivity contribution in [3.05, 3.63) is 32.0 Å². The number of aromatic amines is 1. The normalized spacial score (nSPS) is 24.5. The van der Waals surface area contributed by atoms with Crippen molar-refractivity contribution >= 4 is 33.3 Å². The number of ether oxygens (including phenoxy) is 1. The summed E-state index contributed by atoms with van der Waals surface area (Å²) in [5.74, 6) is -1.37. The van der Waals surface area contributed by atoms with E-state index in [1.165, 1.54) is 18.8 Å². The maximum atomic E-state index is 13.4. The number of sulfone groups is 1. The Morgan fingerprint density at radius 3 is 2.48 bits per heavy atom. The Labute approximate surface area is 195 Å². The van der Waals surface area contributed by atoms with E-state index in [1.54, 1.807) is 20.8 Å². The third kappa shape index (κ3) is 4.10. The van der Waals surface area contributed by atoms with Crippen LogP contribution >= 0.6 is 11.8 Å². The van der Waals surface area contributed by atoms with E-state index in [1.807, 2.05) is 6.92 Å². The number of thioether (sulfide) groups is 1. The first-order valence-electron chi connectivity index (χ1n) is 10.4. The van der Waals surface area contributed by atoms with Crippen molar-refractivity contribution in [1.29, 1.82) is 0 Å². The lowest BCUT2D eigenvalue weighted by Gasteiger charge is -2.56. The number of aromatic nitrogens is 3. The van der Waals surface area contributed by atoms with Crippen LogP contribution < -0.4 is 11.1 Å². The zero-order valence-corrected chi connectivity index (χ0v) is 21.1. The van der Waals surface area contributed by atoms with Gasteiger partial charge in [-0.1, -0.05) is 45.9 Å². The summed E-state index contributed by atoms with van der Waals surface area (Å²) in [5.41, 5.74) is -3.96. The van der Waals surface area contributed by atoms with E-state index in [0.29, 0.717) is 6.42 Å². The van der Waals surface area contributed by atoms with E-state index in [-0.39, 0.29) is 34.4 Å². The van der Waals surface area contributed by atoms with Crippen LogP contribution in [0.1, 0.15) is 40.5 Å². The van der Waals surface area contributed by atoms with Crippen LogP contribution in [0.4, 0.5) is 0 Å². The summed E-state index contributed by atoms with van der Waals surface area (Å²) in [4.78, 5) is 54.5. The predicted molar refractivity (Wildman–Crippen MR) is 121 cm³/mol. The van der Waals surface area contributed by atoms with Gasteiger partial charge in [0.05, 0.1) is 11.4 Å². The van der Waals surface area contributed by atoms with Crippen molar-refractivity contribution < 1.29 is 22.7 Å². The first-order valence-corrected chi connectivity index (χ1v) is 13.1. The van der Waals surface area contributed by atoms with Crippen LogP contribution in [0.3, 0.4) is 0 Å². The first-order chi connectivity index (χ1) is 15.2. The molecule has 3 heterocycles. The zero-order valence-electron chi connectivity index (χ0n) is 19.4. The smallest absolute Gasteiger partial charge is 0.339 e. The summed E-state index contributed by atoms with van der Waals surface area (Å²) in [7, 11) is -1.09. The molecule has 0 aromatic carbocycles. The van der Waals surface area contributed by atoms with Gasteiger partial charge in [-0.25, -0.2) is 8.42 Å². The lowest BCUT2D eigenvalue weighted by Crippen LogP contribution is -2.78. The second kappa shape index (κ2) is 8.51. The molecule has 1 aromatic rings. The third-order valence-corrected chi connectivity index (χ3v) is 8.85. The fourth-order valence-corrected chi connectivity index (χ4v) is 7.51. The van der Waals surface area contributed by atoms with Gasteiger partial charge in [0.25, 0.3) is 5.91 Å². The van der Waals surface area contributed by atoms with Gasteiger partial charge in [-0.2, -0.15) is 4.98 Å². The summed E-state index contributed by atoms with van der Waals surface area (Å²) in [5, 5.41) is 1.19. The molecular weight excluding hydrogens is 472 g/mol. The van der Waals surface area contributed by atoms with Crippen molar-refractivity contribution in [3.8, 4) is 0 Å². The quantitative estimate of drug-likeness (QED) is 0.315. The van der Waals surface area contributed by atoms with E-state index >= 15 is 0 Å². The Hall–Kier alpha value is -2.25. The van der Waals surface area contributed by atoms with Gasteiger partial charge in [0.1, 0.15) is 0 Å². The Morgan fingerprint density at radius 2 is 1.94 bits per heavy atom. The summed E-state index contributed by atoms with van der Waals surface area (Å²) < 4.78 is 33.3. The van der Waals surface area contributed by atoms with Crippen LogP contribution in [0.15, 0.2) is 26.0 Å². The topological polar surface area (TPSA) is 148 Å². The average molecular weight is 501 g/mol. The number of Topliss-reactive ketones (excluding diaryl/α,β-unsaturated/α-hetero) is 1. The fourth-order valence-electron chi connectivity index (χ4n) is 4.16. The second-order valence-electron chi connectivity index (χ2n) is 9.20. The number of nitrogens with zero attached hydrogens (tertiary/aromatic N) is 3. The number of aryl methyl sites for hydroxylation is 1. The number of rotatable bonds is 7. The number of nitrogens with one attached hydrogen (secondary N) is 1. The molecule has 2 aliphatic heterocycles. The number of H-pyrrole nitrogens is 1. The summed E-state index contributed by atoms with van der Waals surface area (Å²) in [6, 6.07) is 0. The van der Waals surface area contributed by atoms with Crippen molar-refractivity contribution in [2.45, 2.75) is 56.7 Å². The van der Waals surface area contributed by atoms with E-state index in [2.05, 4.69) is 10.1 Å². The number of hydrogen-bond donors (Lipinski definition) is 1. The molecule has 13 heteroatoms. The van der Waals surface area contributed by atoms with Crippen LogP contribution in [0, 0.1) is 5.41 Å². The maximum Gasteiger partial charge on any atom is 0.339 e. The lowest BCUT2D eigenvalue weighted by molar-refractivity contribution is -0.185. The minimum Gasteiger partial charge on any atom is -0.365 e. The number of amides is 1. The highest BCUT2D eigenvalue weighted by molar-refractivity contribution is 7.99. The lowest BCUT2D eigenvalue weighted by atomic mass is 9.81. The van der Waals surface area contributed by atoms with E-state index in [0.717, 1.165) is 16.7 Å². The molecule has 0 saturated carbocycles. The molecule has 11 nitrogen and oxygen atoms in total. The Balaban J connectivity index is 2.12. The molecular formula is C20H28N4O7S2. The molecule has 33 heavy (non-hydrogen) atoms. The maximum absolute atomic E-state index is 13.4. The van der Waals surface area contributed by atoms with Crippen LogP contribution in [-0.4, -0.2) is 69.4 Å². The number of fused-ring (bicyclic) bond motifs is 1. The minimum atomic E-state index is -3.88. The van der Waals surface area contributed by atoms with Gasteiger partial charge in [-0.05, 0) is 12.0 Å². The van der Waals surface area contributed by atoms with Gasteiger partial charge in [-0.15, -0.1) is 0 Å². The standard InChI is InChI=1S/C20H28N4O7S2/c1-7-8-20(31-6)16(28)24-12(13(25)19(2,3)4)11(10-33(29,30)17(20)24)9-32-18-21-14(26)15(27)22-23(18)5/h17H,7-10H2,1-6H3,(H,22,27)/t17-,20+/m0/s1. The Morgan fingerprint density at radius 1 is 1.30 bits per heavy atom. The number of allylic oxidation sites excluding steroid dienone is 1. The van der Waals surface area contributed by atoms with Crippen LogP contribution in [-0.2, 0) is 31.2 Å². The van der Waals surface area contributed by atoms with Gasteiger partial charge in [0, 0.05) is 25.3 Å². The number of ketones is 1. The molecule has 1 amide bonds. The molecule has 0 unspecified atom stereocenters. The summed E-state index contributed by atoms with van der Waals surface area (Å²) >= 11 is 0.991. The Bertz CT molecular complexity index is 1260. The predicted octanol–water partition coefficient (Wildman–Crippen LogP) is 0.212. The highest BCUT2D eigenvalue weighted by Gasteiger charge is 2.69. The van der Waals surface area contributed by atoms with Crippen molar-refractivity contribution in [1.82, 2.24) is 19.7 Å². The first kappa shape index (κ1) is 25.4. The molecule has 0 radical (unpaired) electrons. The summed E-state index contributed by atoms with van der Waals surface area (Å²) in [6.45, 7) is 6.90. The molecule has 182 valence electrons. The zero-order chi connectivity index (χ0) is 24.9. The van der Waals surface area contributed by atoms with Crippen LogP contribution in [0.25, 0.3) is 0 Å². The molecule has 1 fully saturated rings. The molecule has 0 bridgehead atoms. The van der Waals surface area contributed by atoms with Gasteiger partial charge in [-0.3, -0.25) is 33.9 Å². The van der Waals surface area contributed by atoms with E-state index < -0.39 is 49.0 Å². The van der Waals surface area contributed by atoms with Crippen molar-refractivity contribution in [2.24, 2.45) is 12.5 Å². The van der Waals surface area contributed by atoms with Gasteiger partial charge >= 0.3 is 11.1 Å². The number of methoxy groups -OCH3 is 1. The van der Waals surface area contributed by atoms with Crippen molar-refractivity contribution in [3.63, 3.8) is 0 Å². The molecule has 2 aliphatic rings. The largest absolute Gasteiger partial charge is 0.365 e. The average Bonchev–Trinajstić information content (AvgIpc) is 2.71. The van der Waals surface area contributed by atoms with Gasteiger partial charge < -0.3 is 4.74 Å². The van der Waals surface area contributed by atoms with Gasteiger partial charge in [0.15, 0.2) is 31.8 Å². The van der Waals surface area contributed by atoms with Crippen LogP contribution in [0.5, 0.6) is 0 Å². The molecule has 3 rings (SSSR count). The molecule has 1 aromatic heterocycles. The number of β-lactam (4-membered cyclic amide) rings is 1. The summed E-state index contributed by atoms with van der Waals surface area (Å²) in [6.07, 6.45) is 0.744. The molecule has 0 aliphatic carbocycles. The van der Waals surface area contributed by atoms with E-state index in [4.69, 9.17) is 4.74 Å². The molecule has 1 N–H and O–H groups in total. The minimum absolute atomic E-state index is 0.0209. The number of hydrogen-bond acceptors (Lipinski definition) is 9. The highest BCUT2D eigenvalue weighted by Crippen LogP contribution is 2.48. The number of carbonyl (C=O) groups excluding carboxylic acids is 2. The van der Waals surface area contributed by atoms with E-state index in [9.17, 15) is 27.6 Å². The van der Waals surface area contributed by atoms with Crippen molar-refractivity contribution in [2.75, 3.05) is 18.6 Å². The SMILES string of the molecule is CCC[C@@]1(OC)C(=O)N2C(C(=O)C(C)(C)C)=C(CSc3nc(=O)c(=O)[nH]n3C)CS(=O)(=O)[C@H]21.